The Kier molecular flexibility index (Phi) is 4.72. The predicted molar refractivity (Wildman–Crippen MR) is 89.6 cm³/mol. The summed E-state index contributed by atoms with van der Waals surface area (Å²) in [5.74, 6) is 0.802. The summed E-state index contributed by atoms with van der Waals surface area (Å²) < 4.78 is 0. The highest BCUT2D eigenvalue weighted by Gasteiger charge is 2.33. The van der Waals surface area contributed by atoms with Crippen LogP contribution in [0.25, 0.3) is 0 Å². The molecule has 2 aliphatic rings. The molecular weight excluding hydrogens is 262 g/mol. The molecule has 20 heavy (non-hydrogen) atoms. The molecule has 0 atom stereocenters. The van der Waals surface area contributed by atoms with Crippen LogP contribution in [0.15, 0.2) is 24.3 Å². The molecule has 0 saturated heterocycles. The molecule has 1 aromatic carbocycles. The highest BCUT2D eigenvalue weighted by atomic mass is 32.2. The number of hydrogen-bond acceptors (Lipinski definition) is 2. The Morgan fingerprint density at radius 2 is 1.70 bits per heavy atom. The Hall–Kier alpha value is -0.470. The van der Waals surface area contributed by atoms with Gasteiger partial charge in [0.05, 0.1) is 0 Å². The number of rotatable bonds is 4. The van der Waals surface area contributed by atoms with Crippen molar-refractivity contribution in [3.63, 3.8) is 0 Å². The molecule has 1 N–H and O–H groups in total. The molecule has 0 spiro atoms. The molecule has 0 unspecified atom stereocenters. The fourth-order valence-electron chi connectivity index (χ4n) is 3.85. The van der Waals surface area contributed by atoms with Crippen molar-refractivity contribution in [2.24, 2.45) is 0 Å². The van der Waals surface area contributed by atoms with E-state index >= 15 is 0 Å². The summed E-state index contributed by atoms with van der Waals surface area (Å²) in [5.41, 5.74) is 3.05. The lowest BCUT2D eigenvalue weighted by molar-refractivity contribution is 0.239. The second kappa shape index (κ2) is 6.53. The lowest BCUT2D eigenvalue weighted by Gasteiger charge is -2.41. The normalized spacial score (nSPS) is 33.7. The van der Waals surface area contributed by atoms with Gasteiger partial charge in [-0.3, -0.25) is 0 Å². The Morgan fingerprint density at radius 1 is 1.00 bits per heavy atom. The first-order valence-electron chi connectivity index (χ1n) is 8.10. The number of aryl methyl sites for hydroxylation is 1. The highest BCUT2D eigenvalue weighted by Crippen LogP contribution is 2.39. The fraction of sp³-hybridized carbons (Fsp3) is 0.667. The molecular formula is C18H27NS. The summed E-state index contributed by atoms with van der Waals surface area (Å²) in [5, 5.41) is 4.84. The van der Waals surface area contributed by atoms with Gasteiger partial charge in [0.2, 0.25) is 0 Å². The lowest BCUT2D eigenvalue weighted by atomic mass is 9.74. The van der Waals surface area contributed by atoms with E-state index in [0.29, 0.717) is 0 Å². The molecule has 3 rings (SSSR count). The minimum atomic E-state index is 0.774. The summed E-state index contributed by atoms with van der Waals surface area (Å²) in [6.07, 6.45) is 10.5. The number of benzene rings is 1. The van der Waals surface area contributed by atoms with E-state index in [1.807, 2.05) is 0 Å². The van der Waals surface area contributed by atoms with Crippen molar-refractivity contribution in [3.8, 4) is 0 Å². The summed E-state index contributed by atoms with van der Waals surface area (Å²) >= 11 is 2.06. The highest BCUT2D eigenvalue weighted by molar-refractivity contribution is 7.99. The first-order valence-corrected chi connectivity index (χ1v) is 9.39. The standard InChI is InChI=1S/C18H27NS/c1-13-5-3-4-6-18(13)14-11-16(12-14)19-15-7-9-17(20-2)10-8-15/h3-6,14-17,19H,7-12H2,1-2H3. The smallest absolute Gasteiger partial charge is 0.00813 e. The molecule has 0 heterocycles. The van der Waals surface area contributed by atoms with Gasteiger partial charge in [-0.05, 0) is 68.7 Å². The van der Waals surface area contributed by atoms with Crippen LogP contribution in [-0.2, 0) is 0 Å². The summed E-state index contributed by atoms with van der Waals surface area (Å²) in [6.45, 7) is 2.25. The number of nitrogens with one attached hydrogen (secondary N) is 1. The molecule has 0 radical (unpaired) electrons. The minimum Gasteiger partial charge on any atom is -0.311 e. The maximum atomic E-state index is 3.91. The van der Waals surface area contributed by atoms with E-state index in [1.165, 1.54) is 44.1 Å². The van der Waals surface area contributed by atoms with Gasteiger partial charge >= 0.3 is 0 Å². The molecule has 0 amide bonds. The van der Waals surface area contributed by atoms with Gasteiger partial charge in [-0.2, -0.15) is 11.8 Å². The molecule has 110 valence electrons. The van der Waals surface area contributed by atoms with Crippen LogP contribution in [0.3, 0.4) is 0 Å². The quantitative estimate of drug-likeness (QED) is 0.875. The van der Waals surface area contributed by atoms with Crippen molar-refractivity contribution < 1.29 is 0 Å². The summed E-state index contributed by atoms with van der Waals surface area (Å²) in [4.78, 5) is 0. The number of hydrogen-bond donors (Lipinski definition) is 1. The van der Waals surface area contributed by atoms with E-state index in [1.54, 1.807) is 5.56 Å². The van der Waals surface area contributed by atoms with Gasteiger partial charge < -0.3 is 5.32 Å². The molecule has 1 nitrogen and oxygen atoms in total. The van der Waals surface area contributed by atoms with Crippen molar-refractivity contribution in [3.05, 3.63) is 35.4 Å². The van der Waals surface area contributed by atoms with E-state index in [-0.39, 0.29) is 0 Å². The zero-order valence-corrected chi connectivity index (χ0v) is 13.6. The van der Waals surface area contributed by atoms with Crippen molar-refractivity contribution in [1.29, 1.82) is 0 Å². The minimum absolute atomic E-state index is 0.774. The van der Waals surface area contributed by atoms with Gasteiger partial charge in [0.25, 0.3) is 0 Å². The average molecular weight is 289 g/mol. The molecule has 0 bridgehead atoms. The van der Waals surface area contributed by atoms with Crippen molar-refractivity contribution >= 4 is 11.8 Å². The molecule has 2 fully saturated rings. The largest absolute Gasteiger partial charge is 0.311 e. The SMILES string of the molecule is CSC1CCC(NC2CC(c3ccccc3C)C2)CC1. The Balaban J connectivity index is 1.44. The van der Waals surface area contributed by atoms with E-state index in [0.717, 1.165) is 23.3 Å². The van der Waals surface area contributed by atoms with Gasteiger partial charge in [-0.1, -0.05) is 24.3 Å². The van der Waals surface area contributed by atoms with Crippen LogP contribution >= 0.6 is 11.8 Å². The van der Waals surface area contributed by atoms with Crippen molar-refractivity contribution in [2.75, 3.05) is 6.26 Å². The van der Waals surface area contributed by atoms with Crippen LogP contribution in [0, 0.1) is 6.92 Å². The fourth-order valence-corrected chi connectivity index (χ4v) is 4.59. The zero-order valence-electron chi connectivity index (χ0n) is 12.8. The predicted octanol–water partition coefficient (Wildman–Crippen LogP) is 4.50. The van der Waals surface area contributed by atoms with Crippen LogP contribution in [0.5, 0.6) is 0 Å². The maximum absolute atomic E-state index is 3.91. The monoisotopic (exact) mass is 289 g/mol. The third kappa shape index (κ3) is 3.23. The van der Waals surface area contributed by atoms with Gasteiger partial charge in [-0.15, -0.1) is 0 Å². The molecule has 0 aromatic heterocycles. The molecule has 0 aliphatic heterocycles. The summed E-state index contributed by atoms with van der Waals surface area (Å²) in [7, 11) is 0. The van der Waals surface area contributed by atoms with E-state index in [9.17, 15) is 0 Å². The van der Waals surface area contributed by atoms with Crippen molar-refractivity contribution in [1.82, 2.24) is 5.32 Å². The second-order valence-corrected chi connectivity index (χ2v) is 7.74. The zero-order chi connectivity index (χ0) is 13.9. The third-order valence-corrected chi connectivity index (χ3v) is 6.38. The van der Waals surface area contributed by atoms with E-state index in [2.05, 4.69) is 54.5 Å². The number of thioether (sulfide) groups is 1. The Labute approximate surface area is 127 Å². The maximum Gasteiger partial charge on any atom is 0.00813 e. The van der Waals surface area contributed by atoms with E-state index < -0.39 is 0 Å². The van der Waals surface area contributed by atoms with Gasteiger partial charge in [-0.25, -0.2) is 0 Å². The van der Waals surface area contributed by atoms with Gasteiger partial charge in [0, 0.05) is 17.3 Å². The van der Waals surface area contributed by atoms with Crippen LogP contribution in [0.2, 0.25) is 0 Å². The topological polar surface area (TPSA) is 12.0 Å². The van der Waals surface area contributed by atoms with Crippen LogP contribution in [-0.4, -0.2) is 23.6 Å². The first-order chi connectivity index (χ1) is 9.76. The molecule has 2 heteroatoms. The molecule has 2 aliphatic carbocycles. The summed E-state index contributed by atoms with van der Waals surface area (Å²) in [6, 6.07) is 10.5. The molecule has 1 aromatic rings. The third-order valence-electron chi connectivity index (χ3n) is 5.25. The Morgan fingerprint density at radius 3 is 2.35 bits per heavy atom. The van der Waals surface area contributed by atoms with Crippen molar-refractivity contribution in [2.45, 2.75) is 68.7 Å². The Bertz CT molecular complexity index is 431. The van der Waals surface area contributed by atoms with Crippen LogP contribution in [0.1, 0.15) is 55.6 Å². The second-order valence-electron chi connectivity index (χ2n) is 6.60. The van der Waals surface area contributed by atoms with Crippen LogP contribution < -0.4 is 5.32 Å². The average Bonchev–Trinajstić information content (AvgIpc) is 2.44. The van der Waals surface area contributed by atoms with E-state index in [4.69, 9.17) is 0 Å². The van der Waals surface area contributed by atoms with Gasteiger partial charge in [0.1, 0.15) is 0 Å². The first kappa shape index (κ1) is 14.5. The van der Waals surface area contributed by atoms with Crippen LogP contribution in [0.4, 0.5) is 0 Å². The lowest BCUT2D eigenvalue weighted by Crippen LogP contribution is -2.47. The van der Waals surface area contributed by atoms with Gasteiger partial charge in [0.15, 0.2) is 0 Å². The molecule has 2 saturated carbocycles.